The topological polar surface area (TPSA) is 12.0 Å². The van der Waals surface area contributed by atoms with Crippen molar-refractivity contribution in [3.05, 3.63) is 35.6 Å². The second-order valence-corrected chi connectivity index (χ2v) is 4.18. The fraction of sp³-hybridized carbons (Fsp3) is 0.500. The number of hydrogen-bond acceptors (Lipinski definition) is 1. The number of halogens is 1. The third kappa shape index (κ3) is 3.11. The molecule has 0 atom stereocenters. The summed E-state index contributed by atoms with van der Waals surface area (Å²) in [5.41, 5.74) is 0.802. The fourth-order valence-corrected chi connectivity index (χ4v) is 1.10. The Labute approximate surface area is 85.3 Å². The van der Waals surface area contributed by atoms with Gasteiger partial charge in [0.05, 0.1) is 0 Å². The van der Waals surface area contributed by atoms with Crippen LogP contribution < -0.4 is 5.32 Å². The highest BCUT2D eigenvalue weighted by molar-refractivity contribution is 5.17. The van der Waals surface area contributed by atoms with Crippen molar-refractivity contribution >= 4 is 0 Å². The quantitative estimate of drug-likeness (QED) is 0.778. The maximum absolute atomic E-state index is 13.2. The maximum atomic E-state index is 13.2. The van der Waals surface area contributed by atoms with Crippen LogP contribution in [0.4, 0.5) is 4.39 Å². The first-order valence-corrected chi connectivity index (χ1v) is 5.03. The van der Waals surface area contributed by atoms with Crippen LogP contribution in [0.5, 0.6) is 0 Å². The van der Waals surface area contributed by atoms with Crippen LogP contribution in [0.1, 0.15) is 32.8 Å². The van der Waals surface area contributed by atoms with E-state index in [4.69, 9.17) is 0 Å². The summed E-state index contributed by atoms with van der Waals surface area (Å²) in [6.07, 6.45) is 1.03. The summed E-state index contributed by atoms with van der Waals surface area (Å²) in [7, 11) is 0. The minimum atomic E-state index is -0.132. The molecule has 0 heterocycles. The lowest BCUT2D eigenvalue weighted by molar-refractivity contribution is 0.371. The first-order chi connectivity index (χ1) is 6.55. The Balaban J connectivity index is 2.58. The molecule has 0 bridgehead atoms. The summed E-state index contributed by atoms with van der Waals surface area (Å²) in [6, 6.07) is 6.88. The largest absolute Gasteiger partial charge is 0.308 e. The number of nitrogens with one attached hydrogen (secondary N) is 1. The summed E-state index contributed by atoms with van der Waals surface area (Å²) in [5, 5.41) is 3.33. The lowest BCUT2D eigenvalue weighted by Crippen LogP contribution is -2.37. The molecule has 0 saturated heterocycles. The van der Waals surface area contributed by atoms with Crippen molar-refractivity contribution in [1.82, 2.24) is 5.32 Å². The lowest BCUT2D eigenvalue weighted by atomic mass is 10.0. The molecule has 0 aliphatic carbocycles. The molecule has 0 radical (unpaired) electrons. The lowest BCUT2D eigenvalue weighted by Gasteiger charge is -2.24. The smallest absolute Gasteiger partial charge is 0.127 e. The van der Waals surface area contributed by atoms with Crippen LogP contribution in [0, 0.1) is 5.82 Å². The molecule has 0 amide bonds. The van der Waals surface area contributed by atoms with Crippen molar-refractivity contribution in [2.75, 3.05) is 0 Å². The molecule has 14 heavy (non-hydrogen) atoms. The molecule has 1 N–H and O–H groups in total. The minimum absolute atomic E-state index is 0.0717. The predicted octanol–water partition coefficient (Wildman–Crippen LogP) is 3.10. The molecule has 1 aromatic rings. The zero-order chi connectivity index (χ0) is 10.6. The van der Waals surface area contributed by atoms with E-state index in [-0.39, 0.29) is 11.4 Å². The molecule has 1 nitrogen and oxygen atoms in total. The molecule has 0 unspecified atom stereocenters. The van der Waals surface area contributed by atoms with Crippen molar-refractivity contribution in [3.63, 3.8) is 0 Å². The van der Waals surface area contributed by atoms with Gasteiger partial charge in [0.15, 0.2) is 0 Å². The summed E-state index contributed by atoms with van der Waals surface area (Å²) in [6.45, 7) is 6.95. The molecular weight excluding hydrogens is 177 g/mol. The zero-order valence-corrected chi connectivity index (χ0v) is 9.10. The van der Waals surface area contributed by atoms with Crippen LogP contribution >= 0.6 is 0 Å². The number of benzene rings is 1. The SMILES string of the molecule is CCC(C)(C)NCc1ccccc1F. The molecule has 0 fully saturated rings. The van der Waals surface area contributed by atoms with E-state index in [2.05, 4.69) is 26.1 Å². The van der Waals surface area contributed by atoms with Crippen molar-refractivity contribution in [3.8, 4) is 0 Å². The van der Waals surface area contributed by atoms with Crippen molar-refractivity contribution in [2.45, 2.75) is 39.3 Å². The Morgan fingerprint density at radius 2 is 1.93 bits per heavy atom. The molecule has 0 aliphatic rings. The van der Waals surface area contributed by atoms with E-state index in [1.54, 1.807) is 6.07 Å². The molecular formula is C12H18FN. The maximum Gasteiger partial charge on any atom is 0.127 e. The standard InChI is InChI=1S/C12H18FN/c1-4-12(2,3)14-9-10-7-5-6-8-11(10)13/h5-8,14H,4,9H2,1-3H3. The zero-order valence-electron chi connectivity index (χ0n) is 9.10. The van der Waals surface area contributed by atoms with Gasteiger partial charge >= 0.3 is 0 Å². The van der Waals surface area contributed by atoms with Crippen molar-refractivity contribution in [2.24, 2.45) is 0 Å². The van der Waals surface area contributed by atoms with Gasteiger partial charge in [-0.2, -0.15) is 0 Å². The molecule has 0 spiro atoms. The average molecular weight is 195 g/mol. The summed E-state index contributed by atoms with van der Waals surface area (Å²) in [4.78, 5) is 0. The molecule has 1 rings (SSSR count). The van der Waals surface area contributed by atoms with Gasteiger partial charge in [0, 0.05) is 17.6 Å². The van der Waals surface area contributed by atoms with Gasteiger partial charge in [-0.1, -0.05) is 25.1 Å². The van der Waals surface area contributed by atoms with E-state index in [1.807, 2.05) is 12.1 Å². The van der Waals surface area contributed by atoms with E-state index in [0.29, 0.717) is 6.54 Å². The molecule has 0 aliphatic heterocycles. The second-order valence-electron chi connectivity index (χ2n) is 4.18. The van der Waals surface area contributed by atoms with Gasteiger partial charge in [0.2, 0.25) is 0 Å². The monoisotopic (exact) mass is 195 g/mol. The van der Waals surface area contributed by atoms with Crippen molar-refractivity contribution in [1.29, 1.82) is 0 Å². The van der Waals surface area contributed by atoms with E-state index >= 15 is 0 Å². The highest BCUT2D eigenvalue weighted by atomic mass is 19.1. The Morgan fingerprint density at radius 3 is 2.50 bits per heavy atom. The van der Waals surface area contributed by atoms with Gasteiger partial charge in [0.1, 0.15) is 5.82 Å². The van der Waals surface area contributed by atoms with Gasteiger partial charge in [-0.15, -0.1) is 0 Å². The molecule has 2 heteroatoms. The van der Waals surface area contributed by atoms with E-state index < -0.39 is 0 Å². The average Bonchev–Trinajstić information content (AvgIpc) is 2.17. The summed E-state index contributed by atoms with van der Waals surface area (Å²) in [5.74, 6) is -0.132. The Bertz CT molecular complexity index is 294. The molecule has 78 valence electrons. The van der Waals surface area contributed by atoms with Gasteiger partial charge in [-0.25, -0.2) is 4.39 Å². The molecule has 1 aromatic carbocycles. The molecule has 0 saturated carbocycles. The number of hydrogen-bond donors (Lipinski definition) is 1. The summed E-state index contributed by atoms with van der Waals surface area (Å²) >= 11 is 0. The van der Waals surface area contributed by atoms with Gasteiger partial charge in [-0.3, -0.25) is 0 Å². The predicted molar refractivity (Wildman–Crippen MR) is 57.6 cm³/mol. The Morgan fingerprint density at radius 1 is 1.29 bits per heavy atom. The van der Waals surface area contributed by atoms with E-state index in [9.17, 15) is 4.39 Å². The van der Waals surface area contributed by atoms with Crippen LogP contribution in [0.3, 0.4) is 0 Å². The fourth-order valence-electron chi connectivity index (χ4n) is 1.10. The van der Waals surface area contributed by atoms with Crippen molar-refractivity contribution < 1.29 is 4.39 Å². The van der Waals surface area contributed by atoms with E-state index in [1.165, 1.54) is 6.07 Å². The van der Waals surface area contributed by atoms with Crippen LogP contribution in [-0.4, -0.2) is 5.54 Å². The first kappa shape index (κ1) is 11.2. The Kier molecular flexibility index (Phi) is 3.64. The van der Waals surface area contributed by atoms with Crippen LogP contribution in [-0.2, 0) is 6.54 Å². The highest BCUT2D eigenvalue weighted by Gasteiger charge is 2.14. The third-order valence-electron chi connectivity index (χ3n) is 2.60. The first-order valence-electron chi connectivity index (χ1n) is 5.03. The molecule has 0 aromatic heterocycles. The third-order valence-corrected chi connectivity index (χ3v) is 2.60. The van der Waals surface area contributed by atoms with E-state index in [0.717, 1.165) is 12.0 Å². The number of rotatable bonds is 4. The normalized spacial score (nSPS) is 11.7. The van der Waals surface area contributed by atoms with Gasteiger partial charge in [0.25, 0.3) is 0 Å². The second kappa shape index (κ2) is 4.56. The Hall–Kier alpha value is -0.890. The minimum Gasteiger partial charge on any atom is -0.308 e. The van der Waals surface area contributed by atoms with Crippen LogP contribution in [0.25, 0.3) is 0 Å². The highest BCUT2D eigenvalue weighted by Crippen LogP contribution is 2.11. The van der Waals surface area contributed by atoms with Crippen LogP contribution in [0.15, 0.2) is 24.3 Å². The van der Waals surface area contributed by atoms with Gasteiger partial charge < -0.3 is 5.32 Å². The van der Waals surface area contributed by atoms with Gasteiger partial charge in [-0.05, 0) is 26.3 Å². The summed E-state index contributed by atoms with van der Waals surface area (Å²) < 4.78 is 13.2. The van der Waals surface area contributed by atoms with Crippen LogP contribution in [0.2, 0.25) is 0 Å².